The lowest BCUT2D eigenvalue weighted by molar-refractivity contribution is 0.237. The smallest absolute Gasteiger partial charge is 0.315 e. The topological polar surface area (TPSA) is 67.2 Å². The Balaban J connectivity index is 0.000000177. The Kier molecular flexibility index (Phi) is 7.13. The van der Waals surface area contributed by atoms with E-state index in [9.17, 15) is 4.79 Å². The molecule has 0 atom stereocenters. The number of urea groups is 1. The molecule has 0 spiro atoms. The molecule has 2 aromatic rings. The number of fused-ring (bicyclic) bond motifs is 2. The zero-order valence-corrected chi connectivity index (χ0v) is 16.3. The van der Waals surface area contributed by atoms with Gasteiger partial charge in [-0.15, -0.1) is 11.6 Å². The summed E-state index contributed by atoms with van der Waals surface area (Å²) in [6, 6.07) is 17.3. The van der Waals surface area contributed by atoms with E-state index in [2.05, 4.69) is 47.0 Å². The summed E-state index contributed by atoms with van der Waals surface area (Å²) in [5.41, 5.74) is 11.4. The van der Waals surface area contributed by atoms with Crippen molar-refractivity contribution in [1.29, 1.82) is 0 Å². The van der Waals surface area contributed by atoms with Gasteiger partial charge in [0.05, 0.1) is 0 Å². The van der Waals surface area contributed by atoms with Gasteiger partial charge in [0.25, 0.3) is 0 Å². The summed E-state index contributed by atoms with van der Waals surface area (Å²) in [5.74, 6) is 0.579. The lowest BCUT2D eigenvalue weighted by Gasteiger charge is -2.12. The SMILES string of the molecule is NC1Cc2ccccc2C1.O=C(NCCCCl)NC1Cc2ccccc2C1. The van der Waals surface area contributed by atoms with E-state index in [0.29, 0.717) is 18.5 Å². The van der Waals surface area contributed by atoms with Gasteiger partial charge >= 0.3 is 6.03 Å². The van der Waals surface area contributed by atoms with Gasteiger partial charge in [-0.1, -0.05) is 48.5 Å². The number of hydrogen-bond acceptors (Lipinski definition) is 2. The molecule has 5 heteroatoms. The minimum atomic E-state index is -0.0899. The summed E-state index contributed by atoms with van der Waals surface area (Å²) in [4.78, 5) is 11.6. The van der Waals surface area contributed by atoms with E-state index in [1.165, 1.54) is 22.3 Å². The molecule has 0 radical (unpaired) electrons. The van der Waals surface area contributed by atoms with E-state index in [4.69, 9.17) is 17.3 Å². The molecule has 0 bridgehead atoms. The van der Waals surface area contributed by atoms with Gasteiger partial charge in [0.1, 0.15) is 0 Å². The quantitative estimate of drug-likeness (QED) is 0.559. The Labute approximate surface area is 166 Å². The molecule has 2 aliphatic carbocycles. The van der Waals surface area contributed by atoms with Crippen LogP contribution in [0.2, 0.25) is 0 Å². The first-order chi connectivity index (χ1) is 13.2. The third-order valence-corrected chi connectivity index (χ3v) is 5.33. The van der Waals surface area contributed by atoms with Crippen molar-refractivity contribution in [2.24, 2.45) is 5.73 Å². The summed E-state index contributed by atoms with van der Waals surface area (Å²) < 4.78 is 0. The second kappa shape index (κ2) is 9.77. The highest BCUT2D eigenvalue weighted by molar-refractivity contribution is 6.17. The largest absolute Gasteiger partial charge is 0.338 e. The first-order valence-corrected chi connectivity index (χ1v) is 10.2. The van der Waals surface area contributed by atoms with E-state index in [-0.39, 0.29) is 12.1 Å². The Morgan fingerprint density at radius 3 is 1.89 bits per heavy atom. The van der Waals surface area contributed by atoms with E-state index < -0.39 is 0 Å². The third kappa shape index (κ3) is 5.72. The summed E-state index contributed by atoms with van der Waals surface area (Å²) in [5, 5.41) is 5.79. The number of hydrogen-bond donors (Lipinski definition) is 3. The normalized spacial score (nSPS) is 15.5. The van der Waals surface area contributed by atoms with Crippen molar-refractivity contribution in [3.8, 4) is 0 Å². The van der Waals surface area contributed by atoms with Gasteiger partial charge in [-0.05, 0) is 54.4 Å². The second-order valence-electron chi connectivity index (χ2n) is 7.25. The zero-order valence-electron chi connectivity index (χ0n) is 15.6. The van der Waals surface area contributed by atoms with Gasteiger partial charge in [0.2, 0.25) is 0 Å². The Hall–Kier alpha value is -2.04. The number of halogens is 1. The highest BCUT2D eigenvalue weighted by Gasteiger charge is 2.22. The van der Waals surface area contributed by atoms with E-state index in [1.807, 2.05) is 12.1 Å². The van der Waals surface area contributed by atoms with Gasteiger partial charge in [-0.3, -0.25) is 0 Å². The van der Waals surface area contributed by atoms with Crippen molar-refractivity contribution in [2.45, 2.75) is 44.2 Å². The molecule has 2 aliphatic rings. The monoisotopic (exact) mass is 385 g/mol. The van der Waals surface area contributed by atoms with Crippen LogP contribution in [0.25, 0.3) is 0 Å². The van der Waals surface area contributed by atoms with Crippen LogP contribution in [0.1, 0.15) is 28.7 Å². The molecule has 0 aromatic heterocycles. The van der Waals surface area contributed by atoms with Crippen LogP contribution in [0.4, 0.5) is 4.79 Å². The molecule has 2 aromatic carbocycles. The van der Waals surface area contributed by atoms with Gasteiger partial charge in [-0.2, -0.15) is 0 Å². The summed E-state index contributed by atoms with van der Waals surface area (Å²) in [6.07, 6.45) is 4.80. The minimum Gasteiger partial charge on any atom is -0.338 e. The molecule has 144 valence electrons. The van der Waals surface area contributed by atoms with Crippen LogP contribution < -0.4 is 16.4 Å². The van der Waals surface area contributed by atoms with Crippen LogP contribution in [-0.2, 0) is 25.7 Å². The van der Waals surface area contributed by atoms with Crippen LogP contribution in [0, 0.1) is 0 Å². The maximum absolute atomic E-state index is 11.6. The van der Waals surface area contributed by atoms with E-state index in [0.717, 1.165) is 32.1 Å². The minimum absolute atomic E-state index is 0.0899. The molecule has 0 heterocycles. The molecule has 27 heavy (non-hydrogen) atoms. The predicted molar refractivity (Wildman–Crippen MR) is 111 cm³/mol. The molecule has 0 saturated heterocycles. The maximum atomic E-state index is 11.6. The number of alkyl halides is 1. The molecular weight excluding hydrogens is 358 g/mol. The maximum Gasteiger partial charge on any atom is 0.315 e. The van der Waals surface area contributed by atoms with Crippen LogP contribution in [0.5, 0.6) is 0 Å². The summed E-state index contributed by atoms with van der Waals surface area (Å²) in [6.45, 7) is 0.634. The van der Waals surface area contributed by atoms with Crippen molar-refractivity contribution < 1.29 is 4.79 Å². The zero-order chi connectivity index (χ0) is 19.1. The number of carbonyl (C=O) groups is 1. The Morgan fingerprint density at radius 2 is 1.41 bits per heavy atom. The van der Waals surface area contributed by atoms with Gasteiger partial charge in [-0.25, -0.2) is 4.79 Å². The number of amides is 2. The fourth-order valence-corrected chi connectivity index (χ4v) is 3.89. The number of nitrogens with two attached hydrogens (primary N) is 1. The van der Waals surface area contributed by atoms with Gasteiger partial charge in [0, 0.05) is 24.5 Å². The number of carbonyl (C=O) groups excluding carboxylic acids is 1. The van der Waals surface area contributed by atoms with Gasteiger partial charge < -0.3 is 16.4 Å². The molecule has 4 nitrogen and oxygen atoms in total. The lowest BCUT2D eigenvalue weighted by atomic mass is 10.1. The highest BCUT2D eigenvalue weighted by Crippen LogP contribution is 2.21. The predicted octanol–water partition coefficient (Wildman–Crippen LogP) is 3.19. The molecule has 4 rings (SSSR count). The average Bonchev–Trinajstić information content (AvgIpc) is 3.23. The van der Waals surface area contributed by atoms with Crippen molar-refractivity contribution in [3.05, 3.63) is 70.8 Å². The standard InChI is InChI=1S/C13H17ClN2O.C9H11N/c14-6-3-7-15-13(17)16-12-8-10-4-1-2-5-11(10)9-12;10-9-5-7-3-1-2-4-8(7)6-9/h1-2,4-5,12H,3,6-9H2,(H2,15,16,17);1-4,9H,5-6,10H2. The second-order valence-corrected chi connectivity index (χ2v) is 7.63. The fraction of sp³-hybridized carbons (Fsp3) is 0.409. The van der Waals surface area contributed by atoms with Gasteiger partial charge in [0.15, 0.2) is 0 Å². The first kappa shape index (κ1) is 19.7. The molecule has 0 aliphatic heterocycles. The van der Waals surface area contributed by atoms with Crippen LogP contribution in [0.15, 0.2) is 48.5 Å². The van der Waals surface area contributed by atoms with Crippen molar-refractivity contribution in [2.75, 3.05) is 12.4 Å². The van der Waals surface area contributed by atoms with Crippen molar-refractivity contribution in [1.82, 2.24) is 10.6 Å². The van der Waals surface area contributed by atoms with E-state index in [1.54, 1.807) is 0 Å². The summed E-state index contributed by atoms with van der Waals surface area (Å²) in [7, 11) is 0. The average molecular weight is 386 g/mol. The van der Waals surface area contributed by atoms with Crippen molar-refractivity contribution >= 4 is 17.6 Å². The van der Waals surface area contributed by atoms with Crippen LogP contribution in [-0.4, -0.2) is 30.5 Å². The van der Waals surface area contributed by atoms with E-state index >= 15 is 0 Å². The molecule has 0 fully saturated rings. The lowest BCUT2D eigenvalue weighted by Crippen LogP contribution is -2.42. The Bertz CT molecular complexity index is 715. The third-order valence-electron chi connectivity index (χ3n) is 5.06. The Morgan fingerprint density at radius 1 is 0.926 bits per heavy atom. The number of rotatable bonds is 4. The van der Waals surface area contributed by atoms with Crippen LogP contribution in [0.3, 0.4) is 0 Å². The van der Waals surface area contributed by atoms with Crippen molar-refractivity contribution in [3.63, 3.8) is 0 Å². The number of benzene rings is 2. The molecule has 0 saturated carbocycles. The first-order valence-electron chi connectivity index (χ1n) is 9.65. The van der Waals surface area contributed by atoms with Crippen LogP contribution >= 0.6 is 11.6 Å². The summed E-state index contributed by atoms with van der Waals surface area (Å²) >= 11 is 5.54. The molecule has 0 unspecified atom stereocenters. The number of nitrogens with one attached hydrogen (secondary N) is 2. The molecular formula is C22H28ClN3O. The molecule has 2 amide bonds. The fourth-order valence-electron chi connectivity index (χ4n) is 3.76. The molecule has 4 N–H and O–H groups in total. The highest BCUT2D eigenvalue weighted by atomic mass is 35.5.